The Bertz CT molecular complexity index is 766. The Hall–Kier alpha value is -2.17. The van der Waals surface area contributed by atoms with Crippen LogP contribution in [0.4, 0.5) is 4.79 Å². The van der Waals surface area contributed by atoms with Gasteiger partial charge < -0.3 is 9.64 Å². The summed E-state index contributed by atoms with van der Waals surface area (Å²) in [5, 5.41) is 0. The monoisotopic (exact) mass is 354 g/mol. The molecular formula is C21H26N2O3. The van der Waals surface area contributed by atoms with E-state index >= 15 is 0 Å². The summed E-state index contributed by atoms with van der Waals surface area (Å²) < 4.78 is 5.42. The largest absolute Gasteiger partial charge is 0.444 e. The molecule has 0 radical (unpaired) electrons. The summed E-state index contributed by atoms with van der Waals surface area (Å²) in [5.74, 6) is 1.16. The van der Waals surface area contributed by atoms with Crippen molar-refractivity contribution in [3.63, 3.8) is 0 Å². The molecule has 5 heteroatoms. The van der Waals surface area contributed by atoms with Crippen LogP contribution < -0.4 is 0 Å². The third kappa shape index (κ3) is 3.39. The number of rotatable bonds is 4. The summed E-state index contributed by atoms with van der Waals surface area (Å²) in [4.78, 5) is 30.7. The molecule has 1 saturated heterocycles. The summed E-state index contributed by atoms with van der Waals surface area (Å²) in [6, 6.07) is 6.38. The van der Waals surface area contributed by atoms with E-state index in [2.05, 4.69) is 23.2 Å². The van der Waals surface area contributed by atoms with Gasteiger partial charge in [-0.15, -0.1) is 0 Å². The number of fused-ring (bicyclic) bond motifs is 2. The van der Waals surface area contributed by atoms with E-state index in [1.165, 1.54) is 16.7 Å². The summed E-state index contributed by atoms with van der Waals surface area (Å²) in [6.07, 6.45) is 3.03. The molecule has 0 spiro atoms. The molecule has 1 unspecified atom stereocenters. The summed E-state index contributed by atoms with van der Waals surface area (Å²) >= 11 is 0. The highest BCUT2D eigenvalue weighted by molar-refractivity contribution is 5.86. The lowest BCUT2D eigenvalue weighted by Crippen LogP contribution is -2.37. The van der Waals surface area contributed by atoms with Gasteiger partial charge in [0.1, 0.15) is 11.4 Å². The van der Waals surface area contributed by atoms with Crippen molar-refractivity contribution in [3.05, 3.63) is 34.9 Å². The topological polar surface area (TPSA) is 59.0 Å². The number of ether oxygens (including phenoxy) is 1. The Morgan fingerprint density at radius 2 is 1.96 bits per heavy atom. The lowest BCUT2D eigenvalue weighted by molar-refractivity contribution is -0.121. The Balaban J connectivity index is 1.26. The highest BCUT2D eigenvalue weighted by Gasteiger charge is 2.59. The van der Waals surface area contributed by atoms with Crippen LogP contribution in [0.1, 0.15) is 43.9 Å². The quantitative estimate of drug-likeness (QED) is 0.834. The minimum Gasteiger partial charge on any atom is -0.444 e. The van der Waals surface area contributed by atoms with Crippen molar-refractivity contribution in [2.45, 2.75) is 45.8 Å². The van der Waals surface area contributed by atoms with Gasteiger partial charge in [-0.2, -0.15) is 0 Å². The third-order valence-corrected chi connectivity index (χ3v) is 5.58. The van der Waals surface area contributed by atoms with E-state index in [4.69, 9.17) is 4.74 Å². The number of nitrogens with zero attached hydrogens (tertiary/aromatic N) is 2. The summed E-state index contributed by atoms with van der Waals surface area (Å²) in [7, 11) is 0. The first kappa shape index (κ1) is 17.3. The van der Waals surface area contributed by atoms with Crippen molar-refractivity contribution < 1.29 is 14.3 Å². The van der Waals surface area contributed by atoms with E-state index in [-0.39, 0.29) is 12.0 Å². The lowest BCUT2D eigenvalue weighted by Gasteiger charge is -2.25. The molecule has 5 nitrogen and oxygen atoms in total. The molecule has 0 bridgehead atoms. The maximum absolute atomic E-state index is 12.6. The second-order valence-electron chi connectivity index (χ2n) is 8.71. The second kappa shape index (κ2) is 6.22. The normalized spacial score (nSPS) is 25.8. The predicted molar refractivity (Wildman–Crippen MR) is 99.3 cm³/mol. The fourth-order valence-electron chi connectivity index (χ4n) is 4.22. The van der Waals surface area contributed by atoms with Crippen LogP contribution in [0.25, 0.3) is 0 Å². The highest BCUT2D eigenvalue weighted by Crippen LogP contribution is 2.52. The molecule has 2 aliphatic heterocycles. The molecule has 3 aliphatic rings. The molecule has 2 fully saturated rings. The molecule has 1 saturated carbocycles. The zero-order valence-electron chi connectivity index (χ0n) is 15.7. The predicted octanol–water partition coefficient (Wildman–Crippen LogP) is 3.23. The number of aliphatic imine (C=N–C) groups is 1. The van der Waals surface area contributed by atoms with Crippen LogP contribution in [0.3, 0.4) is 0 Å². The summed E-state index contributed by atoms with van der Waals surface area (Å²) in [6.45, 7) is 7.71. The Labute approximate surface area is 154 Å². The van der Waals surface area contributed by atoms with E-state index in [9.17, 15) is 9.59 Å². The van der Waals surface area contributed by atoms with Gasteiger partial charge in [0.05, 0.1) is 6.54 Å². The third-order valence-electron chi connectivity index (χ3n) is 5.58. The van der Waals surface area contributed by atoms with Crippen molar-refractivity contribution in [2.24, 2.45) is 22.7 Å². The number of ketones is 1. The Kier molecular flexibility index (Phi) is 4.13. The molecule has 2 heterocycles. The number of amides is 1. The minimum absolute atomic E-state index is 0.143. The van der Waals surface area contributed by atoms with Crippen molar-refractivity contribution in [1.82, 2.24) is 4.90 Å². The number of piperidine rings is 1. The molecule has 1 amide bonds. The van der Waals surface area contributed by atoms with Gasteiger partial charge in [-0.25, -0.2) is 4.79 Å². The summed E-state index contributed by atoms with van der Waals surface area (Å²) in [5.41, 5.74) is 3.18. The Morgan fingerprint density at radius 1 is 1.23 bits per heavy atom. The number of Topliss-reactive ketones (excluding diaryl/α,β-unsaturated/α-hetero) is 1. The van der Waals surface area contributed by atoms with Gasteiger partial charge in [-0.05, 0) is 61.8 Å². The number of benzene rings is 1. The van der Waals surface area contributed by atoms with Gasteiger partial charge in [-0.3, -0.25) is 9.79 Å². The minimum atomic E-state index is -0.473. The fourth-order valence-corrected chi connectivity index (χ4v) is 4.22. The average Bonchev–Trinajstić information content (AvgIpc) is 2.93. The van der Waals surface area contributed by atoms with Crippen LogP contribution >= 0.6 is 0 Å². The van der Waals surface area contributed by atoms with Crippen LogP contribution in [0.5, 0.6) is 0 Å². The standard InChI is InChI=1S/C21H26N2O3/c1-21(2,3)26-20(25)23-11-16-17(12-23)19(16)18(24)7-5-13-4-6-14-9-22-10-15(14)8-13/h4,6,8,10,16-17,19H,5,7,9,11-12H2,1-3H3/t16-,17+,19?. The zero-order chi connectivity index (χ0) is 18.5. The second-order valence-corrected chi connectivity index (χ2v) is 8.71. The van der Waals surface area contributed by atoms with Crippen LogP contribution in [0, 0.1) is 17.8 Å². The van der Waals surface area contributed by atoms with Gasteiger partial charge in [0, 0.05) is 31.6 Å². The molecular weight excluding hydrogens is 328 g/mol. The Morgan fingerprint density at radius 3 is 2.65 bits per heavy atom. The van der Waals surface area contributed by atoms with Gasteiger partial charge in [0.25, 0.3) is 0 Å². The number of aryl methyl sites for hydroxylation is 1. The molecule has 138 valence electrons. The lowest BCUT2D eigenvalue weighted by atomic mass is 10.00. The first-order valence-electron chi connectivity index (χ1n) is 9.44. The average molecular weight is 354 g/mol. The molecule has 26 heavy (non-hydrogen) atoms. The van der Waals surface area contributed by atoms with E-state index < -0.39 is 5.60 Å². The van der Waals surface area contributed by atoms with Crippen molar-refractivity contribution >= 4 is 18.1 Å². The van der Waals surface area contributed by atoms with Gasteiger partial charge >= 0.3 is 6.09 Å². The first-order valence-corrected chi connectivity index (χ1v) is 9.44. The molecule has 1 aromatic carbocycles. The van der Waals surface area contributed by atoms with Crippen LogP contribution in [0.2, 0.25) is 0 Å². The smallest absolute Gasteiger partial charge is 0.410 e. The zero-order valence-corrected chi connectivity index (χ0v) is 15.7. The van der Waals surface area contributed by atoms with Crippen molar-refractivity contribution in [1.29, 1.82) is 0 Å². The van der Waals surface area contributed by atoms with Crippen molar-refractivity contribution in [3.8, 4) is 0 Å². The molecule has 3 atom stereocenters. The van der Waals surface area contributed by atoms with Gasteiger partial charge in [-0.1, -0.05) is 12.1 Å². The molecule has 0 aromatic heterocycles. The maximum Gasteiger partial charge on any atom is 0.410 e. The fraction of sp³-hybridized carbons (Fsp3) is 0.571. The van der Waals surface area contributed by atoms with E-state index in [1.807, 2.05) is 27.0 Å². The van der Waals surface area contributed by atoms with E-state index in [0.29, 0.717) is 37.1 Å². The van der Waals surface area contributed by atoms with Crippen LogP contribution in [0.15, 0.2) is 23.2 Å². The van der Waals surface area contributed by atoms with Crippen LogP contribution in [-0.4, -0.2) is 41.7 Å². The number of hydrogen-bond donors (Lipinski definition) is 0. The number of likely N-dealkylation sites (tertiary alicyclic amines) is 1. The van der Waals surface area contributed by atoms with Gasteiger partial charge in [0.2, 0.25) is 0 Å². The highest BCUT2D eigenvalue weighted by atomic mass is 16.6. The first-order chi connectivity index (χ1) is 12.3. The van der Waals surface area contributed by atoms with Crippen molar-refractivity contribution in [2.75, 3.05) is 13.1 Å². The SMILES string of the molecule is CC(C)(C)OC(=O)N1C[C@@H]2C(C(=O)CCc3ccc4c(c3)C=NC4)[C@@H]2C1. The molecule has 1 aromatic rings. The molecule has 4 rings (SSSR count). The number of hydrogen-bond acceptors (Lipinski definition) is 4. The maximum atomic E-state index is 12.6. The van der Waals surface area contributed by atoms with E-state index in [1.54, 1.807) is 4.90 Å². The van der Waals surface area contributed by atoms with Crippen LogP contribution in [-0.2, 0) is 22.5 Å². The molecule has 1 aliphatic carbocycles. The van der Waals surface area contributed by atoms with Gasteiger partial charge in [0.15, 0.2) is 0 Å². The number of carbonyl (C=O) groups excluding carboxylic acids is 2. The number of carbonyl (C=O) groups is 2. The molecule has 0 N–H and O–H groups in total. The van der Waals surface area contributed by atoms with E-state index in [0.717, 1.165) is 13.0 Å².